The van der Waals surface area contributed by atoms with Gasteiger partial charge in [0, 0.05) is 28.9 Å². The van der Waals surface area contributed by atoms with Crippen LogP contribution in [0.5, 0.6) is 0 Å². The summed E-state index contributed by atoms with van der Waals surface area (Å²) in [5, 5.41) is 14.1. The van der Waals surface area contributed by atoms with Crippen LogP contribution in [-0.4, -0.2) is 39.2 Å². The lowest BCUT2D eigenvalue weighted by Crippen LogP contribution is -2.40. The second-order valence-corrected chi connectivity index (χ2v) is 5.46. The fraction of sp³-hybridized carbons (Fsp3) is 0.800. The van der Waals surface area contributed by atoms with E-state index in [0.717, 1.165) is 6.42 Å². The van der Waals surface area contributed by atoms with Crippen LogP contribution in [0.4, 0.5) is 0 Å². The highest BCUT2D eigenvalue weighted by atomic mass is 32.2. The molecule has 0 saturated carbocycles. The fourth-order valence-electron chi connectivity index (χ4n) is 1.33. The van der Waals surface area contributed by atoms with Gasteiger partial charge in [-0.15, -0.1) is 0 Å². The van der Waals surface area contributed by atoms with Crippen molar-refractivity contribution >= 4 is 22.5 Å². The molecule has 0 heterocycles. The summed E-state index contributed by atoms with van der Waals surface area (Å²) in [6, 6.07) is 0. The number of rotatable bonds is 8. The van der Waals surface area contributed by atoms with E-state index in [1.54, 1.807) is 0 Å². The quantitative estimate of drug-likeness (QED) is 0.249. The minimum absolute atomic E-state index is 0.0824. The number of carbonyl (C=O) groups excluding carboxylic acids is 1. The molecule has 2 atom stereocenters. The molecule has 0 aromatic rings. The SMILES string of the molecule is CCCC(C(=O)NCCS(=O)CC)C(N)=NO. The van der Waals surface area contributed by atoms with Crippen molar-refractivity contribution in [2.24, 2.45) is 16.8 Å². The molecule has 7 heteroatoms. The van der Waals surface area contributed by atoms with Gasteiger partial charge in [0.1, 0.15) is 0 Å². The second kappa shape index (κ2) is 8.98. The van der Waals surface area contributed by atoms with Crippen LogP contribution in [0.1, 0.15) is 26.7 Å². The topological polar surface area (TPSA) is 105 Å². The first kappa shape index (κ1) is 15.9. The highest BCUT2D eigenvalue weighted by Crippen LogP contribution is 2.06. The van der Waals surface area contributed by atoms with E-state index in [9.17, 15) is 9.00 Å². The number of carbonyl (C=O) groups is 1. The van der Waals surface area contributed by atoms with Gasteiger partial charge in [0.15, 0.2) is 5.84 Å². The number of amides is 1. The molecule has 0 saturated heterocycles. The van der Waals surface area contributed by atoms with Gasteiger partial charge in [-0.3, -0.25) is 9.00 Å². The van der Waals surface area contributed by atoms with Crippen LogP contribution >= 0.6 is 0 Å². The molecule has 4 N–H and O–H groups in total. The molecule has 0 bridgehead atoms. The zero-order valence-corrected chi connectivity index (χ0v) is 11.1. The van der Waals surface area contributed by atoms with Gasteiger partial charge in [0.05, 0.1) is 5.92 Å². The first-order chi connectivity index (χ1) is 8.06. The first-order valence-corrected chi connectivity index (χ1v) is 7.15. The van der Waals surface area contributed by atoms with Crippen LogP contribution < -0.4 is 11.1 Å². The van der Waals surface area contributed by atoms with Gasteiger partial charge in [0.25, 0.3) is 0 Å². The lowest BCUT2D eigenvalue weighted by atomic mass is 10.0. The maximum atomic E-state index is 11.7. The van der Waals surface area contributed by atoms with Crippen molar-refractivity contribution in [1.29, 1.82) is 0 Å². The van der Waals surface area contributed by atoms with E-state index in [4.69, 9.17) is 10.9 Å². The van der Waals surface area contributed by atoms with Crippen molar-refractivity contribution in [3.05, 3.63) is 0 Å². The summed E-state index contributed by atoms with van der Waals surface area (Å²) in [7, 11) is -0.898. The lowest BCUT2D eigenvalue weighted by molar-refractivity contribution is -0.123. The Morgan fingerprint density at radius 1 is 1.53 bits per heavy atom. The average Bonchev–Trinajstić information content (AvgIpc) is 2.34. The summed E-state index contributed by atoms with van der Waals surface area (Å²) < 4.78 is 11.2. The Morgan fingerprint density at radius 3 is 2.65 bits per heavy atom. The van der Waals surface area contributed by atoms with Crippen LogP contribution in [0.15, 0.2) is 5.16 Å². The Hall–Kier alpha value is -1.11. The minimum atomic E-state index is -0.898. The number of oxime groups is 1. The number of nitrogens with two attached hydrogens (primary N) is 1. The van der Waals surface area contributed by atoms with Crippen molar-refractivity contribution in [2.75, 3.05) is 18.1 Å². The van der Waals surface area contributed by atoms with E-state index < -0.39 is 16.7 Å². The fourth-order valence-corrected chi connectivity index (χ4v) is 1.95. The van der Waals surface area contributed by atoms with E-state index in [2.05, 4.69) is 10.5 Å². The summed E-state index contributed by atoms with van der Waals surface area (Å²) in [5.74, 6) is 0.0300. The zero-order chi connectivity index (χ0) is 13.3. The molecule has 0 aliphatic rings. The van der Waals surface area contributed by atoms with Crippen LogP contribution in [0.3, 0.4) is 0 Å². The van der Waals surface area contributed by atoms with Gasteiger partial charge >= 0.3 is 0 Å². The number of nitrogens with zero attached hydrogens (tertiary/aromatic N) is 1. The van der Waals surface area contributed by atoms with Gasteiger partial charge in [0.2, 0.25) is 5.91 Å². The first-order valence-electron chi connectivity index (χ1n) is 5.66. The van der Waals surface area contributed by atoms with Gasteiger partial charge in [-0.05, 0) is 6.42 Å². The number of nitrogens with one attached hydrogen (secondary N) is 1. The number of hydrogen-bond acceptors (Lipinski definition) is 4. The highest BCUT2D eigenvalue weighted by molar-refractivity contribution is 7.84. The summed E-state index contributed by atoms with van der Waals surface area (Å²) in [5.41, 5.74) is 5.44. The molecule has 0 spiro atoms. The molecule has 0 aliphatic carbocycles. The second-order valence-electron chi connectivity index (χ2n) is 3.59. The summed E-state index contributed by atoms with van der Waals surface area (Å²) >= 11 is 0. The Bertz CT molecular complexity index is 295. The molecule has 0 radical (unpaired) electrons. The Balaban J connectivity index is 4.20. The molecule has 0 rings (SSSR count). The molecule has 0 aromatic carbocycles. The summed E-state index contributed by atoms with van der Waals surface area (Å²) in [4.78, 5) is 11.7. The van der Waals surface area contributed by atoms with Crippen LogP contribution in [0.25, 0.3) is 0 Å². The third kappa shape index (κ3) is 6.25. The summed E-state index contributed by atoms with van der Waals surface area (Å²) in [6.07, 6.45) is 1.29. The standard InChI is InChI=1S/C10H21N3O3S/c1-3-5-8(9(11)13-15)10(14)12-6-7-17(16)4-2/h8,15H,3-7H2,1-2H3,(H2,11,13)(H,12,14). The third-order valence-electron chi connectivity index (χ3n) is 2.32. The van der Waals surface area contributed by atoms with Gasteiger partial charge in [-0.1, -0.05) is 25.4 Å². The van der Waals surface area contributed by atoms with E-state index in [-0.39, 0.29) is 11.7 Å². The number of hydrogen-bond donors (Lipinski definition) is 3. The molecule has 0 aliphatic heterocycles. The molecule has 100 valence electrons. The van der Waals surface area contributed by atoms with Crippen molar-refractivity contribution in [3.8, 4) is 0 Å². The van der Waals surface area contributed by atoms with Crippen molar-refractivity contribution < 1.29 is 14.2 Å². The maximum absolute atomic E-state index is 11.7. The van der Waals surface area contributed by atoms with Crippen LogP contribution in [0, 0.1) is 5.92 Å². The van der Waals surface area contributed by atoms with E-state index in [1.165, 1.54) is 0 Å². The predicted molar refractivity (Wildman–Crippen MR) is 68.4 cm³/mol. The zero-order valence-electron chi connectivity index (χ0n) is 10.3. The molecular weight excluding hydrogens is 242 g/mol. The molecule has 0 aromatic heterocycles. The van der Waals surface area contributed by atoms with Crippen LogP contribution in [-0.2, 0) is 15.6 Å². The lowest BCUT2D eigenvalue weighted by Gasteiger charge is -2.14. The highest BCUT2D eigenvalue weighted by Gasteiger charge is 2.21. The monoisotopic (exact) mass is 263 g/mol. The van der Waals surface area contributed by atoms with Gasteiger partial charge < -0.3 is 16.3 Å². The Labute approximate surface area is 104 Å². The predicted octanol–water partition coefficient (Wildman–Crippen LogP) is 0.0339. The number of amidine groups is 1. The molecule has 1 amide bonds. The molecule has 17 heavy (non-hydrogen) atoms. The average molecular weight is 263 g/mol. The van der Waals surface area contributed by atoms with E-state index in [0.29, 0.717) is 24.5 Å². The largest absolute Gasteiger partial charge is 0.409 e. The molecule has 0 fully saturated rings. The van der Waals surface area contributed by atoms with Gasteiger partial charge in [-0.25, -0.2) is 0 Å². The van der Waals surface area contributed by atoms with E-state index >= 15 is 0 Å². The van der Waals surface area contributed by atoms with Crippen molar-refractivity contribution in [3.63, 3.8) is 0 Å². The summed E-state index contributed by atoms with van der Waals surface area (Å²) in [6.45, 7) is 4.09. The molecule has 6 nitrogen and oxygen atoms in total. The molecular formula is C10H21N3O3S. The Morgan fingerprint density at radius 2 is 2.18 bits per heavy atom. The smallest absolute Gasteiger partial charge is 0.230 e. The maximum Gasteiger partial charge on any atom is 0.230 e. The van der Waals surface area contributed by atoms with Gasteiger partial charge in [-0.2, -0.15) is 0 Å². The van der Waals surface area contributed by atoms with Crippen molar-refractivity contribution in [2.45, 2.75) is 26.7 Å². The van der Waals surface area contributed by atoms with E-state index in [1.807, 2.05) is 13.8 Å². The van der Waals surface area contributed by atoms with Crippen molar-refractivity contribution in [1.82, 2.24) is 5.32 Å². The minimum Gasteiger partial charge on any atom is -0.409 e. The van der Waals surface area contributed by atoms with Crippen LogP contribution in [0.2, 0.25) is 0 Å². The normalized spacial score (nSPS) is 15.3. The molecule has 2 unspecified atom stereocenters. The third-order valence-corrected chi connectivity index (χ3v) is 3.62. The Kier molecular flexibility index (Phi) is 8.39.